The number of aliphatic hydroxyl groups is 1. The molecular weight excluding hydrogens is 266 g/mol. The molecule has 2 fully saturated rings. The number of amides is 1. The zero-order valence-electron chi connectivity index (χ0n) is 12.1. The van der Waals surface area contributed by atoms with Crippen LogP contribution in [0.25, 0.3) is 0 Å². The van der Waals surface area contributed by atoms with Crippen LogP contribution in [0.1, 0.15) is 24.0 Å². The zero-order valence-corrected chi connectivity index (χ0v) is 12.1. The van der Waals surface area contributed by atoms with Gasteiger partial charge in [-0.3, -0.25) is 4.79 Å². The zero-order chi connectivity index (χ0) is 14.5. The first-order chi connectivity index (χ1) is 10.2. The van der Waals surface area contributed by atoms with Crippen molar-refractivity contribution in [3.8, 4) is 0 Å². The average Bonchev–Trinajstić information content (AvgIpc) is 2.83. The third-order valence-electron chi connectivity index (χ3n) is 5.51. The summed E-state index contributed by atoms with van der Waals surface area (Å²) in [7, 11) is 0. The van der Waals surface area contributed by atoms with Crippen LogP contribution in [0.5, 0.6) is 0 Å². The number of hydrogen-bond donors (Lipinski definition) is 2. The first-order valence-electron chi connectivity index (χ1n) is 7.74. The summed E-state index contributed by atoms with van der Waals surface area (Å²) in [5.74, 6) is 0.175. The Kier molecular flexibility index (Phi) is 2.88. The van der Waals surface area contributed by atoms with Gasteiger partial charge < -0.3 is 15.2 Å². The van der Waals surface area contributed by atoms with Crippen LogP contribution in [0.4, 0.5) is 0 Å². The highest BCUT2D eigenvalue weighted by Gasteiger charge is 2.60. The number of rotatable bonds is 3. The second-order valence-electron chi connectivity index (χ2n) is 6.97. The fraction of sp³-hybridized carbons (Fsp3) is 0.588. The molecule has 1 saturated heterocycles. The second-order valence-corrected chi connectivity index (χ2v) is 6.97. The summed E-state index contributed by atoms with van der Waals surface area (Å²) in [5, 5.41) is 13.0. The molecule has 4 rings (SSSR count). The van der Waals surface area contributed by atoms with Gasteiger partial charge in [-0.25, -0.2) is 0 Å². The molecule has 0 radical (unpaired) electrons. The lowest BCUT2D eigenvalue weighted by Gasteiger charge is -2.28. The maximum Gasteiger partial charge on any atom is 0.224 e. The number of hydrogen-bond acceptors (Lipinski definition) is 3. The molecule has 2 unspecified atom stereocenters. The summed E-state index contributed by atoms with van der Waals surface area (Å²) >= 11 is 0. The molecule has 1 aliphatic heterocycles. The van der Waals surface area contributed by atoms with Crippen LogP contribution >= 0.6 is 0 Å². The van der Waals surface area contributed by atoms with E-state index in [1.54, 1.807) is 0 Å². The van der Waals surface area contributed by atoms with Crippen molar-refractivity contribution in [3.05, 3.63) is 35.4 Å². The van der Waals surface area contributed by atoms with Gasteiger partial charge in [0.2, 0.25) is 5.91 Å². The van der Waals surface area contributed by atoms with Gasteiger partial charge in [0.15, 0.2) is 0 Å². The molecule has 1 aromatic rings. The van der Waals surface area contributed by atoms with E-state index in [0.717, 1.165) is 38.9 Å². The van der Waals surface area contributed by atoms with Crippen molar-refractivity contribution in [2.24, 2.45) is 11.3 Å². The number of ether oxygens (including phenoxy) is 1. The lowest BCUT2D eigenvalue weighted by Crippen LogP contribution is -2.53. The molecule has 1 spiro atoms. The van der Waals surface area contributed by atoms with Crippen molar-refractivity contribution in [3.63, 3.8) is 0 Å². The quantitative estimate of drug-likeness (QED) is 0.874. The second kappa shape index (κ2) is 4.55. The Hall–Kier alpha value is -1.39. The maximum absolute atomic E-state index is 12.6. The topological polar surface area (TPSA) is 58.6 Å². The molecule has 1 amide bonds. The summed E-state index contributed by atoms with van der Waals surface area (Å²) in [6.07, 6.45) is 3.38. The van der Waals surface area contributed by atoms with E-state index >= 15 is 0 Å². The third kappa shape index (κ3) is 2.09. The summed E-state index contributed by atoms with van der Waals surface area (Å²) in [6, 6.07) is 8.20. The van der Waals surface area contributed by atoms with E-state index < -0.39 is 5.54 Å². The fourth-order valence-electron chi connectivity index (χ4n) is 4.06. The van der Waals surface area contributed by atoms with Crippen LogP contribution in [0.2, 0.25) is 0 Å². The van der Waals surface area contributed by atoms with E-state index in [1.807, 2.05) is 12.1 Å². The van der Waals surface area contributed by atoms with Crippen molar-refractivity contribution >= 4 is 5.91 Å². The van der Waals surface area contributed by atoms with E-state index in [9.17, 15) is 9.90 Å². The van der Waals surface area contributed by atoms with Crippen LogP contribution in [-0.2, 0) is 22.4 Å². The van der Waals surface area contributed by atoms with Crippen molar-refractivity contribution < 1.29 is 14.6 Å². The number of nitrogens with one attached hydrogen (secondary N) is 1. The number of carbonyl (C=O) groups excluding carboxylic acids is 1. The van der Waals surface area contributed by atoms with Gasteiger partial charge in [0.05, 0.1) is 18.8 Å². The van der Waals surface area contributed by atoms with E-state index in [4.69, 9.17) is 4.74 Å². The van der Waals surface area contributed by atoms with Gasteiger partial charge in [0.1, 0.15) is 0 Å². The molecule has 1 aromatic carbocycles. The molecule has 112 valence electrons. The molecule has 1 saturated carbocycles. The number of fused-ring (bicyclic) bond motifs is 1. The highest BCUT2D eigenvalue weighted by Crippen LogP contribution is 2.58. The van der Waals surface area contributed by atoms with Crippen molar-refractivity contribution in [1.82, 2.24) is 5.32 Å². The minimum Gasteiger partial charge on any atom is -0.394 e. The van der Waals surface area contributed by atoms with Gasteiger partial charge in [-0.1, -0.05) is 24.3 Å². The Bertz CT molecular complexity index is 552. The van der Waals surface area contributed by atoms with Gasteiger partial charge in [-0.2, -0.15) is 0 Å². The van der Waals surface area contributed by atoms with Crippen LogP contribution in [0, 0.1) is 11.3 Å². The van der Waals surface area contributed by atoms with Crippen LogP contribution < -0.4 is 5.32 Å². The largest absolute Gasteiger partial charge is 0.394 e. The minimum atomic E-state index is -0.510. The molecule has 1 heterocycles. The van der Waals surface area contributed by atoms with Gasteiger partial charge in [-0.05, 0) is 36.8 Å². The molecule has 2 N–H and O–H groups in total. The predicted molar refractivity (Wildman–Crippen MR) is 77.8 cm³/mol. The molecule has 3 aliphatic rings. The highest BCUT2D eigenvalue weighted by molar-refractivity contribution is 5.83. The molecular formula is C17H21NO3. The molecule has 2 aliphatic carbocycles. The Labute approximate surface area is 124 Å². The average molecular weight is 287 g/mol. The molecule has 4 nitrogen and oxygen atoms in total. The first-order valence-corrected chi connectivity index (χ1v) is 7.74. The molecule has 21 heavy (non-hydrogen) atoms. The molecule has 2 atom stereocenters. The van der Waals surface area contributed by atoms with Gasteiger partial charge in [0.25, 0.3) is 0 Å². The van der Waals surface area contributed by atoms with E-state index in [1.165, 1.54) is 11.1 Å². The Balaban J connectivity index is 1.47. The smallest absolute Gasteiger partial charge is 0.224 e. The molecule has 0 bridgehead atoms. The van der Waals surface area contributed by atoms with Gasteiger partial charge in [0, 0.05) is 17.9 Å². The third-order valence-corrected chi connectivity index (χ3v) is 5.51. The van der Waals surface area contributed by atoms with Gasteiger partial charge in [-0.15, -0.1) is 0 Å². The van der Waals surface area contributed by atoms with E-state index in [-0.39, 0.29) is 23.8 Å². The Morgan fingerprint density at radius 2 is 2.05 bits per heavy atom. The Morgan fingerprint density at radius 3 is 2.62 bits per heavy atom. The van der Waals surface area contributed by atoms with E-state index in [2.05, 4.69) is 17.4 Å². The number of aliphatic hydroxyl groups excluding tert-OH is 1. The summed E-state index contributed by atoms with van der Waals surface area (Å²) < 4.78 is 5.45. The number of carbonyl (C=O) groups is 1. The van der Waals surface area contributed by atoms with E-state index in [0.29, 0.717) is 0 Å². The lowest BCUT2D eigenvalue weighted by atomic mass is 9.95. The van der Waals surface area contributed by atoms with Crippen molar-refractivity contribution in [1.29, 1.82) is 0 Å². The van der Waals surface area contributed by atoms with Crippen LogP contribution in [-0.4, -0.2) is 36.4 Å². The van der Waals surface area contributed by atoms with Crippen molar-refractivity contribution in [2.75, 3.05) is 19.8 Å². The maximum atomic E-state index is 12.6. The minimum absolute atomic E-state index is 0.0103. The SMILES string of the molecule is O=C(NC1(CO)Cc2ccccc2C1)C1CC12CCOC2. The first kappa shape index (κ1) is 13.3. The summed E-state index contributed by atoms with van der Waals surface area (Å²) in [5.41, 5.74) is 2.07. The normalized spacial score (nSPS) is 32.1. The number of benzene rings is 1. The standard InChI is InChI=1S/C17H21NO3/c19-10-17(7-12-3-1-2-4-13(12)8-17)18-15(20)14-9-16(14)5-6-21-11-16/h1-4,14,19H,5-11H2,(H,18,20). The fourth-order valence-corrected chi connectivity index (χ4v) is 4.06. The highest BCUT2D eigenvalue weighted by atomic mass is 16.5. The van der Waals surface area contributed by atoms with Crippen LogP contribution in [0.3, 0.4) is 0 Å². The summed E-state index contributed by atoms with van der Waals surface area (Å²) in [4.78, 5) is 12.6. The summed E-state index contributed by atoms with van der Waals surface area (Å²) in [6.45, 7) is 1.49. The Morgan fingerprint density at radius 1 is 1.33 bits per heavy atom. The lowest BCUT2D eigenvalue weighted by molar-refractivity contribution is -0.125. The predicted octanol–water partition coefficient (Wildman–Crippen LogP) is 1.06. The monoisotopic (exact) mass is 287 g/mol. The van der Waals surface area contributed by atoms with Crippen molar-refractivity contribution in [2.45, 2.75) is 31.2 Å². The van der Waals surface area contributed by atoms with Crippen LogP contribution in [0.15, 0.2) is 24.3 Å². The molecule has 4 heteroatoms. The van der Waals surface area contributed by atoms with Gasteiger partial charge >= 0.3 is 0 Å². The molecule has 0 aromatic heterocycles.